The molecule has 1 aliphatic rings. The van der Waals surface area contributed by atoms with Gasteiger partial charge < -0.3 is 30.9 Å². The van der Waals surface area contributed by atoms with Gasteiger partial charge in [-0.2, -0.15) is 0 Å². The van der Waals surface area contributed by atoms with Gasteiger partial charge in [0.05, 0.1) is 38.1 Å². The molecule has 6 nitrogen and oxygen atoms in total. The summed E-state index contributed by atoms with van der Waals surface area (Å²) in [5, 5.41) is 37.8. The maximum absolute atomic E-state index is 10.1. The number of aliphatic hydroxyl groups excluding tert-OH is 4. The lowest BCUT2D eigenvalue weighted by Crippen LogP contribution is -2.71. The highest BCUT2D eigenvalue weighted by molar-refractivity contribution is 5.06. The molecule has 0 aromatic rings. The molecule has 0 amide bonds. The fraction of sp³-hybridized carbons (Fsp3) is 1.00. The topological polar surface area (TPSA) is 116 Å². The summed E-state index contributed by atoms with van der Waals surface area (Å²) < 4.78 is 5.52. The molecule has 0 aliphatic carbocycles. The van der Waals surface area contributed by atoms with E-state index in [1.54, 1.807) is 13.8 Å². The highest BCUT2D eigenvalue weighted by Gasteiger charge is 2.55. The molecule has 1 aliphatic heterocycles. The van der Waals surface area contributed by atoms with E-state index in [-0.39, 0.29) is 19.8 Å². The summed E-state index contributed by atoms with van der Waals surface area (Å²) in [6.45, 7) is 2.10. The first-order valence-electron chi connectivity index (χ1n) is 5.29. The minimum atomic E-state index is -1.11. The fourth-order valence-corrected chi connectivity index (χ4v) is 2.06. The zero-order valence-corrected chi connectivity index (χ0v) is 9.63. The first-order valence-corrected chi connectivity index (χ1v) is 5.29. The van der Waals surface area contributed by atoms with Crippen LogP contribution in [0.1, 0.15) is 13.8 Å². The maximum Gasteiger partial charge on any atom is 0.106 e. The number of rotatable bonds is 3. The van der Waals surface area contributed by atoms with Crippen molar-refractivity contribution in [2.24, 2.45) is 11.1 Å². The summed E-state index contributed by atoms with van der Waals surface area (Å²) in [4.78, 5) is 0. The van der Waals surface area contributed by atoms with Crippen LogP contribution in [-0.2, 0) is 4.74 Å². The van der Waals surface area contributed by atoms with Crippen molar-refractivity contribution in [2.45, 2.75) is 37.7 Å². The van der Waals surface area contributed by atoms with Gasteiger partial charge in [0.25, 0.3) is 0 Å². The highest BCUT2D eigenvalue weighted by atomic mass is 16.5. The van der Waals surface area contributed by atoms with Crippen LogP contribution in [0.25, 0.3) is 0 Å². The smallest absolute Gasteiger partial charge is 0.106 e. The second-order valence-electron chi connectivity index (χ2n) is 4.89. The summed E-state index contributed by atoms with van der Waals surface area (Å²) in [6, 6.07) is -0.822. The Morgan fingerprint density at radius 2 is 1.75 bits per heavy atom. The van der Waals surface area contributed by atoms with Crippen LogP contribution in [-0.4, -0.2) is 64.1 Å². The van der Waals surface area contributed by atoms with E-state index in [1.165, 1.54) is 0 Å². The summed E-state index contributed by atoms with van der Waals surface area (Å²) >= 11 is 0. The maximum atomic E-state index is 10.1. The Morgan fingerprint density at radius 3 is 2.12 bits per heavy atom. The van der Waals surface area contributed by atoms with E-state index in [0.29, 0.717) is 0 Å². The van der Waals surface area contributed by atoms with Crippen LogP contribution >= 0.6 is 0 Å². The van der Waals surface area contributed by atoms with Gasteiger partial charge in [-0.1, -0.05) is 6.92 Å². The van der Waals surface area contributed by atoms with Crippen LogP contribution in [0.3, 0.4) is 0 Å². The molecule has 0 bridgehead atoms. The van der Waals surface area contributed by atoms with Gasteiger partial charge in [0.1, 0.15) is 5.60 Å². The minimum Gasteiger partial charge on any atom is -0.396 e. The quantitative estimate of drug-likeness (QED) is 0.379. The van der Waals surface area contributed by atoms with Gasteiger partial charge in [-0.05, 0) is 6.92 Å². The van der Waals surface area contributed by atoms with E-state index in [2.05, 4.69) is 0 Å². The third-order valence-corrected chi connectivity index (χ3v) is 3.69. The lowest BCUT2D eigenvalue weighted by atomic mass is 9.70. The molecule has 0 radical (unpaired) electrons. The van der Waals surface area contributed by atoms with Gasteiger partial charge in [-0.3, -0.25) is 0 Å². The van der Waals surface area contributed by atoms with Crippen LogP contribution in [0.4, 0.5) is 0 Å². The van der Waals surface area contributed by atoms with Crippen molar-refractivity contribution in [2.75, 3.05) is 19.8 Å². The predicted octanol–water partition coefficient (Wildman–Crippen LogP) is -2.18. The molecule has 0 aromatic carbocycles. The van der Waals surface area contributed by atoms with E-state index >= 15 is 0 Å². The van der Waals surface area contributed by atoms with Crippen LogP contribution in [0.5, 0.6) is 0 Å². The Hall–Kier alpha value is -0.240. The zero-order chi connectivity index (χ0) is 12.6. The van der Waals surface area contributed by atoms with Crippen molar-refractivity contribution in [1.29, 1.82) is 0 Å². The minimum absolute atomic E-state index is 0.351. The molecular formula is C10H21NO5. The Kier molecular flexibility index (Phi) is 3.94. The average molecular weight is 235 g/mol. The largest absolute Gasteiger partial charge is 0.396 e. The first-order chi connectivity index (χ1) is 7.35. The number of ether oxygens (including phenoxy) is 1. The molecule has 16 heavy (non-hydrogen) atoms. The Bertz CT molecular complexity index is 247. The molecule has 0 aromatic heterocycles. The van der Waals surface area contributed by atoms with E-state index in [9.17, 15) is 20.4 Å². The van der Waals surface area contributed by atoms with Crippen molar-refractivity contribution in [3.8, 4) is 0 Å². The molecule has 6 heteroatoms. The molecule has 1 fully saturated rings. The van der Waals surface area contributed by atoms with Crippen LogP contribution in [0, 0.1) is 5.41 Å². The van der Waals surface area contributed by atoms with Crippen molar-refractivity contribution < 1.29 is 25.2 Å². The number of nitrogens with two attached hydrogens (primary N) is 1. The molecular weight excluding hydrogens is 214 g/mol. The van der Waals surface area contributed by atoms with E-state index in [1.807, 2.05) is 0 Å². The molecule has 3 unspecified atom stereocenters. The number of hydrogen-bond acceptors (Lipinski definition) is 6. The second-order valence-corrected chi connectivity index (χ2v) is 4.89. The normalized spacial score (nSPS) is 49.3. The summed E-state index contributed by atoms with van der Waals surface area (Å²) in [7, 11) is 0. The van der Waals surface area contributed by atoms with E-state index in [4.69, 9.17) is 10.5 Å². The van der Waals surface area contributed by atoms with E-state index in [0.717, 1.165) is 0 Å². The Morgan fingerprint density at radius 1 is 1.19 bits per heavy atom. The van der Waals surface area contributed by atoms with Crippen molar-refractivity contribution >= 4 is 0 Å². The van der Waals surface area contributed by atoms with Gasteiger partial charge in [0.15, 0.2) is 0 Å². The molecule has 1 rings (SSSR count). The van der Waals surface area contributed by atoms with Crippen LogP contribution in [0.2, 0.25) is 0 Å². The highest BCUT2D eigenvalue weighted by Crippen LogP contribution is 2.40. The van der Waals surface area contributed by atoms with E-state index < -0.39 is 29.3 Å². The Labute approximate surface area is 94.6 Å². The SMILES string of the molecule is C[C@@]1(CO)C(CO)O[C@@](C)(CO)C(N)C1O. The lowest BCUT2D eigenvalue weighted by molar-refractivity contribution is -0.257. The molecule has 96 valence electrons. The lowest BCUT2D eigenvalue weighted by Gasteiger charge is -2.53. The third kappa shape index (κ3) is 1.85. The van der Waals surface area contributed by atoms with Crippen molar-refractivity contribution in [3.05, 3.63) is 0 Å². The summed E-state index contributed by atoms with van der Waals surface area (Å²) in [5.41, 5.74) is 3.67. The fourth-order valence-electron chi connectivity index (χ4n) is 2.06. The van der Waals surface area contributed by atoms with Crippen LogP contribution < -0.4 is 5.73 Å². The summed E-state index contributed by atoms with van der Waals surface area (Å²) in [6.07, 6.45) is -1.81. The van der Waals surface area contributed by atoms with Gasteiger partial charge in [-0.25, -0.2) is 0 Å². The Balaban J connectivity index is 3.04. The predicted molar refractivity (Wildman–Crippen MR) is 56.6 cm³/mol. The molecule has 1 saturated heterocycles. The zero-order valence-electron chi connectivity index (χ0n) is 9.63. The number of hydrogen-bond donors (Lipinski definition) is 5. The second kappa shape index (κ2) is 4.56. The van der Waals surface area contributed by atoms with Crippen molar-refractivity contribution in [1.82, 2.24) is 0 Å². The standard InChI is InChI=1S/C10H21NO5/c1-9(4-13)6(3-12)16-10(2,5-14)7(11)8(9)15/h6-8,12-15H,3-5,11H2,1-2H3/t6?,7?,8?,9-,10+/m1/s1. The van der Waals surface area contributed by atoms with Crippen molar-refractivity contribution in [3.63, 3.8) is 0 Å². The molecule has 1 heterocycles. The molecule has 5 atom stereocenters. The summed E-state index contributed by atoms with van der Waals surface area (Å²) in [5.74, 6) is 0. The average Bonchev–Trinajstić information content (AvgIpc) is 2.31. The molecule has 6 N–H and O–H groups in total. The number of aliphatic hydroxyl groups is 4. The van der Waals surface area contributed by atoms with Gasteiger partial charge in [0.2, 0.25) is 0 Å². The van der Waals surface area contributed by atoms with Crippen LogP contribution in [0.15, 0.2) is 0 Å². The van der Waals surface area contributed by atoms with Gasteiger partial charge in [-0.15, -0.1) is 0 Å². The molecule has 0 saturated carbocycles. The van der Waals surface area contributed by atoms with Gasteiger partial charge >= 0.3 is 0 Å². The monoisotopic (exact) mass is 235 g/mol. The first kappa shape index (κ1) is 13.8. The molecule has 0 spiro atoms. The van der Waals surface area contributed by atoms with Gasteiger partial charge in [0, 0.05) is 5.41 Å². The third-order valence-electron chi connectivity index (χ3n) is 3.69.